The third-order valence-electron chi connectivity index (χ3n) is 2.82. The summed E-state index contributed by atoms with van der Waals surface area (Å²) in [4.78, 5) is 0. The molecular weight excluding hydrogens is 182 g/mol. The van der Waals surface area contributed by atoms with E-state index in [0.717, 1.165) is 18.1 Å². The zero-order valence-electron chi connectivity index (χ0n) is 7.76. The van der Waals surface area contributed by atoms with Crippen molar-refractivity contribution < 1.29 is 0 Å². The van der Waals surface area contributed by atoms with E-state index >= 15 is 0 Å². The molecule has 0 spiro atoms. The Balaban J connectivity index is 2.29. The zero-order chi connectivity index (χ0) is 9.26. The van der Waals surface area contributed by atoms with Crippen molar-refractivity contribution in [1.29, 1.82) is 0 Å². The fraction of sp³-hybridized carbons (Fsp3) is 0.455. The molecule has 1 nitrogen and oxygen atoms in total. The molecule has 1 aliphatic heterocycles. The quantitative estimate of drug-likeness (QED) is 0.727. The standard InChI is InChI=1S/C11H14ClN/c1-8-6-13-7-10(8)9-4-2-3-5-11(9)12/h2-5,8,10,13H,6-7H2,1H3/t8-,10+/m1/s1. The molecule has 2 heteroatoms. The molecule has 0 unspecified atom stereocenters. The molecule has 0 aromatic heterocycles. The van der Waals surface area contributed by atoms with Gasteiger partial charge in [0.25, 0.3) is 0 Å². The normalized spacial score (nSPS) is 27.8. The lowest BCUT2D eigenvalue weighted by Gasteiger charge is -2.15. The van der Waals surface area contributed by atoms with E-state index in [0.29, 0.717) is 11.8 Å². The first-order chi connectivity index (χ1) is 6.29. The molecule has 0 saturated carbocycles. The van der Waals surface area contributed by atoms with Crippen LogP contribution in [0.15, 0.2) is 24.3 Å². The van der Waals surface area contributed by atoms with Crippen LogP contribution in [0.4, 0.5) is 0 Å². The monoisotopic (exact) mass is 195 g/mol. The van der Waals surface area contributed by atoms with E-state index in [9.17, 15) is 0 Å². The van der Waals surface area contributed by atoms with Gasteiger partial charge in [0.1, 0.15) is 0 Å². The topological polar surface area (TPSA) is 12.0 Å². The molecule has 1 saturated heterocycles. The summed E-state index contributed by atoms with van der Waals surface area (Å²) in [5, 5.41) is 4.29. The van der Waals surface area contributed by atoms with E-state index in [1.165, 1.54) is 5.56 Å². The highest BCUT2D eigenvalue weighted by Crippen LogP contribution is 2.32. The number of rotatable bonds is 1. The van der Waals surface area contributed by atoms with Gasteiger partial charge in [0.05, 0.1) is 0 Å². The summed E-state index contributed by atoms with van der Waals surface area (Å²) in [7, 11) is 0. The van der Waals surface area contributed by atoms with Crippen molar-refractivity contribution in [3.05, 3.63) is 34.9 Å². The minimum absolute atomic E-state index is 0.591. The third-order valence-corrected chi connectivity index (χ3v) is 3.17. The Morgan fingerprint density at radius 3 is 2.69 bits per heavy atom. The second-order valence-corrected chi connectivity index (χ2v) is 4.17. The summed E-state index contributed by atoms with van der Waals surface area (Å²) in [6, 6.07) is 8.16. The molecule has 2 rings (SSSR count). The maximum Gasteiger partial charge on any atom is 0.0441 e. The van der Waals surface area contributed by atoms with E-state index in [1.54, 1.807) is 0 Å². The van der Waals surface area contributed by atoms with Gasteiger partial charge in [0.15, 0.2) is 0 Å². The van der Waals surface area contributed by atoms with Gasteiger partial charge < -0.3 is 5.32 Å². The van der Waals surface area contributed by atoms with Crippen LogP contribution in [0, 0.1) is 5.92 Å². The molecule has 1 heterocycles. The van der Waals surface area contributed by atoms with Crippen molar-refractivity contribution in [1.82, 2.24) is 5.32 Å². The minimum atomic E-state index is 0.591. The molecule has 0 amide bonds. The summed E-state index contributed by atoms with van der Waals surface area (Å²) in [5.41, 5.74) is 1.29. The Bertz CT molecular complexity index is 298. The van der Waals surface area contributed by atoms with Crippen molar-refractivity contribution in [3.8, 4) is 0 Å². The molecule has 1 fully saturated rings. The highest BCUT2D eigenvalue weighted by molar-refractivity contribution is 6.31. The molecule has 0 radical (unpaired) electrons. The van der Waals surface area contributed by atoms with Crippen LogP contribution in [-0.2, 0) is 0 Å². The largest absolute Gasteiger partial charge is 0.316 e. The van der Waals surface area contributed by atoms with Crippen LogP contribution in [0.25, 0.3) is 0 Å². The van der Waals surface area contributed by atoms with Gasteiger partial charge in [-0.15, -0.1) is 0 Å². The molecular formula is C11H14ClN. The van der Waals surface area contributed by atoms with Crippen LogP contribution in [0.1, 0.15) is 18.4 Å². The lowest BCUT2D eigenvalue weighted by atomic mass is 9.90. The van der Waals surface area contributed by atoms with Gasteiger partial charge in [-0.1, -0.05) is 36.7 Å². The molecule has 1 N–H and O–H groups in total. The smallest absolute Gasteiger partial charge is 0.0441 e. The van der Waals surface area contributed by atoms with Gasteiger partial charge in [0.2, 0.25) is 0 Å². The zero-order valence-corrected chi connectivity index (χ0v) is 8.51. The van der Waals surface area contributed by atoms with Crippen molar-refractivity contribution >= 4 is 11.6 Å². The lowest BCUT2D eigenvalue weighted by molar-refractivity contribution is 0.572. The summed E-state index contributed by atoms with van der Waals surface area (Å²) >= 11 is 6.14. The van der Waals surface area contributed by atoms with Gasteiger partial charge in [-0.05, 0) is 24.1 Å². The van der Waals surface area contributed by atoms with E-state index in [4.69, 9.17) is 11.6 Å². The van der Waals surface area contributed by atoms with E-state index < -0.39 is 0 Å². The van der Waals surface area contributed by atoms with Crippen LogP contribution >= 0.6 is 11.6 Å². The molecule has 1 aromatic rings. The first-order valence-corrected chi connectivity index (χ1v) is 5.12. The average Bonchev–Trinajstić information content (AvgIpc) is 2.52. The van der Waals surface area contributed by atoms with Gasteiger partial charge >= 0.3 is 0 Å². The van der Waals surface area contributed by atoms with Crippen molar-refractivity contribution in [2.75, 3.05) is 13.1 Å². The van der Waals surface area contributed by atoms with Crippen LogP contribution < -0.4 is 5.32 Å². The fourth-order valence-corrected chi connectivity index (χ4v) is 2.28. The minimum Gasteiger partial charge on any atom is -0.316 e. The first-order valence-electron chi connectivity index (χ1n) is 4.74. The van der Waals surface area contributed by atoms with Crippen molar-refractivity contribution in [3.63, 3.8) is 0 Å². The Kier molecular flexibility index (Phi) is 2.56. The van der Waals surface area contributed by atoms with Crippen LogP contribution in [0.3, 0.4) is 0 Å². The lowest BCUT2D eigenvalue weighted by Crippen LogP contribution is -2.08. The van der Waals surface area contributed by atoms with E-state index in [-0.39, 0.29) is 0 Å². The highest BCUT2D eigenvalue weighted by atomic mass is 35.5. The van der Waals surface area contributed by atoms with Crippen molar-refractivity contribution in [2.24, 2.45) is 5.92 Å². The Hall–Kier alpha value is -0.530. The molecule has 70 valence electrons. The number of nitrogens with one attached hydrogen (secondary N) is 1. The first kappa shape index (κ1) is 9.04. The Morgan fingerprint density at radius 1 is 1.31 bits per heavy atom. The van der Waals surface area contributed by atoms with Gasteiger partial charge in [0, 0.05) is 17.5 Å². The maximum atomic E-state index is 6.14. The van der Waals surface area contributed by atoms with Crippen molar-refractivity contribution in [2.45, 2.75) is 12.8 Å². The van der Waals surface area contributed by atoms with Gasteiger partial charge in [-0.2, -0.15) is 0 Å². The molecule has 1 aliphatic rings. The Morgan fingerprint density at radius 2 is 2.08 bits per heavy atom. The Labute approximate surface area is 84.1 Å². The van der Waals surface area contributed by atoms with Crippen LogP contribution in [-0.4, -0.2) is 13.1 Å². The van der Waals surface area contributed by atoms with Gasteiger partial charge in [-0.3, -0.25) is 0 Å². The number of hydrogen-bond acceptors (Lipinski definition) is 1. The second kappa shape index (κ2) is 3.69. The fourth-order valence-electron chi connectivity index (χ4n) is 2.00. The molecule has 0 bridgehead atoms. The third kappa shape index (κ3) is 1.72. The predicted molar refractivity (Wildman–Crippen MR) is 56.2 cm³/mol. The summed E-state index contributed by atoms with van der Waals surface area (Å²) in [6.07, 6.45) is 0. The SMILES string of the molecule is C[C@@H]1CNC[C@@H]1c1ccccc1Cl. The summed E-state index contributed by atoms with van der Waals surface area (Å²) in [5.74, 6) is 1.29. The van der Waals surface area contributed by atoms with E-state index in [2.05, 4.69) is 24.4 Å². The van der Waals surface area contributed by atoms with E-state index in [1.807, 2.05) is 12.1 Å². The van der Waals surface area contributed by atoms with Crippen LogP contribution in [0.2, 0.25) is 5.02 Å². The average molecular weight is 196 g/mol. The summed E-state index contributed by atoms with van der Waals surface area (Å²) in [6.45, 7) is 4.44. The number of benzene rings is 1. The predicted octanol–water partition coefficient (Wildman–Crippen LogP) is 2.66. The number of hydrogen-bond donors (Lipinski definition) is 1. The molecule has 13 heavy (non-hydrogen) atoms. The molecule has 0 aliphatic carbocycles. The van der Waals surface area contributed by atoms with Gasteiger partial charge in [-0.25, -0.2) is 0 Å². The highest BCUT2D eigenvalue weighted by Gasteiger charge is 2.25. The molecule has 1 aromatic carbocycles. The number of halogens is 1. The second-order valence-electron chi connectivity index (χ2n) is 3.76. The summed E-state index contributed by atoms with van der Waals surface area (Å²) < 4.78 is 0. The molecule has 2 atom stereocenters. The maximum absolute atomic E-state index is 6.14. The van der Waals surface area contributed by atoms with Crippen LogP contribution in [0.5, 0.6) is 0 Å².